The first-order valence-corrected chi connectivity index (χ1v) is 7.23. The minimum atomic E-state index is -0.0653. The van der Waals surface area contributed by atoms with Gasteiger partial charge in [0.15, 0.2) is 0 Å². The summed E-state index contributed by atoms with van der Waals surface area (Å²) in [4.78, 5) is 17.4. The predicted molar refractivity (Wildman–Crippen MR) is 82.5 cm³/mol. The number of carbonyl (C=O) groups is 1. The topological polar surface area (TPSA) is 46.9 Å². The van der Waals surface area contributed by atoms with Crippen molar-refractivity contribution in [1.29, 1.82) is 0 Å². The Morgan fingerprint density at radius 3 is 2.80 bits per heavy atom. The number of imidazole rings is 1. The van der Waals surface area contributed by atoms with Crippen LogP contribution in [0.3, 0.4) is 0 Å². The molecule has 0 aliphatic rings. The number of nitrogens with one attached hydrogen (secondary N) is 1. The first-order valence-electron chi connectivity index (χ1n) is 6.35. The lowest BCUT2D eigenvalue weighted by Crippen LogP contribution is -2.11. The number of hydrogen-bond donors (Lipinski definition) is 1. The van der Waals surface area contributed by atoms with E-state index in [2.05, 4.69) is 10.3 Å². The molecule has 0 aliphatic carbocycles. The highest BCUT2D eigenvalue weighted by Crippen LogP contribution is 2.21. The van der Waals surface area contributed by atoms with E-state index in [1.54, 1.807) is 0 Å². The number of aryl methyl sites for hydroxylation is 3. The highest BCUT2D eigenvalue weighted by atomic mass is 32.1. The van der Waals surface area contributed by atoms with Crippen molar-refractivity contribution in [2.24, 2.45) is 7.05 Å². The van der Waals surface area contributed by atoms with Crippen LogP contribution in [0.4, 0.5) is 5.69 Å². The van der Waals surface area contributed by atoms with Gasteiger partial charge in [-0.2, -0.15) is 0 Å². The molecule has 102 valence electrons. The predicted octanol–water partition coefficient (Wildman–Crippen LogP) is 3.50. The molecule has 20 heavy (non-hydrogen) atoms. The molecule has 4 nitrogen and oxygen atoms in total. The van der Waals surface area contributed by atoms with E-state index >= 15 is 0 Å². The summed E-state index contributed by atoms with van der Waals surface area (Å²) in [5.74, 6) is 0.891. The number of hydrogen-bond acceptors (Lipinski definition) is 3. The summed E-state index contributed by atoms with van der Waals surface area (Å²) in [5.41, 5.74) is 3.73. The third kappa shape index (κ3) is 2.10. The summed E-state index contributed by atoms with van der Waals surface area (Å²) in [6.45, 7) is 3.91. The molecule has 1 aromatic carbocycles. The van der Waals surface area contributed by atoms with E-state index in [1.165, 1.54) is 11.3 Å². The van der Waals surface area contributed by atoms with Gasteiger partial charge in [0.25, 0.3) is 5.91 Å². The van der Waals surface area contributed by atoms with Gasteiger partial charge in [-0.15, -0.1) is 11.3 Å². The fraction of sp³-hybridized carbons (Fsp3) is 0.200. The maximum Gasteiger partial charge on any atom is 0.265 e. The Kier molecular flexibility index (Phi) is 3.06. The zero-order chi connectivity index (χ0) is 14.3. The number of aromatic nitrogens is 2. The molecule has 0 fully saturated rings. The molecule has 0 aliphatic heterocycles. The molecule has 0 unspecified atom stereocenters. The molecule has 1 amide bonds. The molecule has 3 rings (SSSR count). The van der Waals surface area contributed by atoms with Crippen molar-refractivity contribution in [2.45, 2.75) is 13.8 Å². The third-order valence-corrected chi connectivity index (χ3v) is 4.45. The molecule has 5 heteroatoms. The van der Waals surface area contributed by atoms with Crippen LogP contribution in [0.1, 0.15) is 21.1 Å². The molecule has 0 spiro atoms. The molecular weight excluding hydrogens is 270 g/mol. The third-order valence-electron chi connectivity index (χ3n) is 3.43. The summed E-state index contributed by atoms with van der Waals surface area (Å²) >= 11 is 1.46. The standard InChI is InChI=1S/C15H15N3OS/c1-9-6-7-20-14(9)15(19)17-11-4-5-13-12(8-11)16-10(2)18(13)3/h4-8H,1-3H3,(H,17,19). The van der Waals surface area contributed by atoms with Crippen LogP contribution in [0.15, 0.2) is 29.6 Å². The second-order valence-corrected chi connectivity index (χ2v) is 5.72. The van der Waals surface area contributed by atoms with Crippen molar-refractivity contribution in [3.05, 3.63) is 45.9 Å². The van der Waals surface area contributed by atoms with Gasteiger partial charge in [0.2, 0.25) is 0 Å². The molecular formula is C15H15N3OS. The van der Waals surface area contributed by atoms with Crippen LogP contribution < -0.4 is 5.32 Å². The van der Waals surface area contributed by atoms with Gasteiger partial charge in [-0.3, -0.25) is 4.79 Å². The van der Waals surface area contributed by atoms with Gasteiger partial charge in [0.05, 0.1) is 15.9 Å². The van der Waals surface area contributed by atoms with Crippen molar-refractivity contribution in [3.8, 4) is 0 Å². The van der Waals surface area contributed by atoms with Gasteiger partial charge >= 0.3 is 0 Å². The summed E-state index contributed by atoms with van der Waals surface area (Å²) < 4.78 is 2.03. The van der Waals surface area contributed by atoms with Gasteiger partial charge < -0.3 is 9.88 Å². The van der Waals surface area contributed by atoms with E-state index < -0.39 is 0 Å². The molecule has 0 bridgehead atoms. The lowest BCUT2D eigenvalue weighted by atomic mass is 10.2. The molecule has 0 saturated heterocycles. The SMILES string of the molecule is Cc1ccsc1C(=O)Nc1ccc2c(c1)nc(C)n2C. The molecule has 2 heterocycles. The summed E-state index contributed by atoms with van der Waals surface area (Å²) in [5, 5.41) is 4.85. The lowest BCUT2D eigenvalue weighted by molar-refractivity contribution is 0.103. The van der Waals surface area contributed by atoms with E-state index in [4.69, 9.17) is 0 Å². The highest BCUT2D eigenvalue weighted by molar-refractivity contribution is 7.12. The number of fused-ring (bicyclic) bond motifs is 1. The largest absolute Gasteiger partial charge is 0.331 e. The fourth-order valence-electron chi connectivity index (χ4n) is 2.19. The average molecular weight is 285 g/mol. The van der Waals surface area contributed by atoms with Crippen molar-refractivity contribution in [1.82, 2.24) is 9.55 Å². The first kappa shape index (κ1) is 12.9. The van der Waals surface area contributed by atoms with Crippen LogP contribution in [-0.2, 0) is 7.05 Å². The van der Waals surface area contributed by atoms with Crippen molar-refractivity contribution < 1.29 is 4.79 Å². The van der Waals surface area contributed by atoms with E-state index in [9.17, 15) is 4.79 Å². The fourth-order valence-corrected chi connectivity index (χ4v) is 3.01. The zero-order valence-corrected chi connectivity index (χ0v) is 12.4. The second-order valence-electron chi connectivity index (χ2n) is 4.81. The summed E-state index contributed by atoms with van der Waals surface area (Å²) in [6.07, 6.45) is 0. The number of anilines is 1. The van der Waals surface area contributed by atoms with E-state index in [0.29, 0.717) is 0 Å². The average Bonchev–Trinajstić information content (AvgIpc) is 2.95. The number of carbonyl (C=O) groups excluding carboxylic acids is 1. The smallest absolute Gasteiger partial charge is 0.265 e. The van der Waals surface area contributed by atoms with Gasteiger partial charge in [-0.25, -0.2) is 4.98 Å². The Morgan fingerprint density at radius 1 is 1.30 bits per heavy atom. The van der Waals surface area contributed by atoms with Crippen LogP contribution in [0.25, 0.3) is 11.0 Å². The first-order chi connectivity index (χ1) is 9.56. The number of amides is 1. The molecule has 3 aromatic rings. The molecule has 0 radical (unpaired) electrons. The van der Waals surface area contributed by atoms with Crippen LogP contribution in [0.2, 0.25) is 0 Å². The molecule has 2 aromatic heterocycles. The van der Waals surface area contributed by atoms with E-state index in [1.807, 2.05) is 55.1 Å². The minimum Gasteiger partial charge on any atom is -0.331 e. The van der Waals surface area contributed by atoms with E-state index in [0.717, 1.165) is 33.0 Å². The van der Waals surface area contributed by atoms with Gasteiger partial charge in [-0.1, -0.05) is 0 Å². The van der Waals surface area contributed by atoms with Crippen LogP contribution in [0.5, 0.6) is 0 Å². The van der Waals surface area contributed by atoms with Gasteiger partial charge in [0, 0.05) is 12.7 Å². The quantitative estimate of drug-likeness (QED) is 0.783. The Hall–Kier alpha value is -2.14. The molecule has 0 saturated carbocycles. The Morgan fingerprint density at radius 2 is 2.10 bits per heavy atom. The summed E-state index contributed by atoms with van der Waals surface area (Å²) in [6, 6.07) is 7.74. The van der Waals surface area contributed by atoms with Gasteiger partial charge in [-0.05, 0) is 49.1 Å². The van der Waals surface area contributed by atoms with Crippen molar-refractivity contribution >= 4 is 34.0 Å². The summed E-state index contributed by atoms with van der Waals surface area (Å²) in [7, 11) is 1.98. The van der Waals surface area contributed by atoms with Crippen LogP contribution in [0, 0.1) is 13.8 Å². The molecule has 0 atom stereocenters. The maximum atomic E-state index is 12.2. The number of rotatable bonds is 2. The molecule has 1 N–H and O–H groups in total. The number of benzene rings is 1. The Balaban J connectivity index is 1.92. The van der Waals surface area contributed by atoms with E-state index in [-0.39, 0.29) is 5.91 Å². The number of nitrogens with zero attached hydrogens (tertiary/aromatic N) is 2. The minimum absolute atomic E-state index is 0.0653. The van der Waals surface area contributed by atoms with Crippen LogP contribution in [-0.4, -0.2) is 15.5 Å². The monoisotopic (exact) mass is 285 g/mol. The van der Waals surface area contributed by atoms with Gasteiger partial charge in [0.1, 0.15) is 5.82 Å². The number of thiophene rings is 1. The van der Waals surface area contributed by atoms with Crippen LogP contribution >= 0.6 is 11.3 Å². The maximum absolute atomic E-state index is 12.2. The zero-order valence-electron chi connectivity index (χ0n) is 11.6. The Labute approximate surface area is 121 Å². The second kappa shape index (κ2) is 4.76. The normalized spacial score (nSPS) is 10.9. The van der Waals surface area contributed by atoms with Crippen molar-refractivity contribution in [3.63, 3.8) is 0 Å². The highest BCUT2D eigenvalue weighted by Gasteiger charge is 2.11. The van der Waals surface area contributed by atoms with Crippen molar-refractivity contribution in [2.75, 3.05) is 5.32 Å². The lowest BCUT2D eigenvalue weighted by Gasteiger charge is -2.05. The Bertz CT molecular complexity index is 801.